The summed E-state index contributed by atoms with van der Waals surface area (Å²) in [5.41, 5.74) is -0.763. The molecule has 0 saturated carbocycles. The van der Waals surface area contributed by atoms with Crippen molar-refractivity contribution in [1.82, 2.24) is 15.0 Å². The molecule has 0 saturated heterocycles. The summed E-state index contributed by atoms with van der Waals surface area (Å²) in [4.78, 5) is 35.4. The van der Waals surface area contributed by atoms with Crippen LogP contribution in [-0.2, 0) is 12.6 Å². The first-order valence-electron chi connectivity index (χ1n) is 11.4. The van der Waals surface area contributed by atoms with Gasteiger partial charge in [0.1, 0.15) is 0 Å². The first-order chi connectivity index (χ1) is 17.3. The molecule has 9 nitrogen and oxygen atoms in total. The van der Waals surface area contributed by atoms with Crippen LogP contribution in [0.3, 0.4) is 0 Å². The van der Waals surface area contributed by atoms with Gasteiger partial charge in [0, 0.05) is 24.1 Å². The Kier molecular flexibility index (Phi) is 9.87. The van der Waals surface area contributed by atoms with Crippen molar-refractivity contribution >= 4 is 29.9 Å². The lowest BCUT2D eigenvalue weighted by atomic mass is 9.85. The number of hydrogen-bond acceptors (Lipinski definition) is 6. The number of H-pyrrole nitrogens is 1. The van der Waals surface area contributed by atoms with Crippen LogP contribution < -0.4 is 20.9 Å². The molecule has 0 radical (unpaired) electrons. The van der Waals surface area contributed by atoms with Crippen molar-refractivity contribution in [2.75, 3.05) is 23.8 Å². The predicted octanol–water partition coefficient (Wildman–Crippen LogP) is 5.18. The minimum atomic E-state index is -4.64. The van der Waals surface area contributed by atoms with Crippen molar-refractivity contribution in [3.8, 4) is 17.0 Å². The lowest BCUT2D eigenvalue weighted by Crippen LogP contribution is -2.23. The molecule has 2 heterocycles. The first kappa shape index (κ1) is 30.6. The molecule has 0 aliphatic heterocycles. The molecule has 0 unspecified atom stereocenters. The van der Waals surface area contributed by atoms with Crippen molar-refractivity contribution in [3.05, 3.63) is 63.8 Å². The predicted molar refractivity (Wildman–Crippen MR) is 140 cm³/mol. The van der Waals surface area contributed by atoms with E-state index in [1.807, 2.05) is 0 Å². The van der Waals surface area contributed by atoms with E-state index in [1.54, 1.807) is 27.7 Å². The molecular weight excluding hydrogens is 527 g/mol. The highest BCUT2D eigenvalue weighted by Gasteiger charge is 2.35. The van der Waals surface area contributed by atoms with Gasteiger partial charge in [-0.2, -0.15) is 13.2 Å². The van der Waals surface area contributed by atoms with E-state index in [0.717, 1.165) is 6.07 Å². The van der Waals surface area contributed by atoms with Gasteiger partial charge in [-0.1, -0.05) is 19.9 Å². The quantitative estimate of drug-likeness (QED) is 0.303. The van der Waals surface area contributed by atoms with Crippen LogP contribution >= 0.6 is 12.4 Å². The maximum Gasteiger partial charge on any atom is 0.416 e. The summed E-state index contributed by atoms with van der Waals surface area (Å²) in [7, 11) is 0. The van der Waals surface area contributed by atoms with Crippen molar-refractivity contribution in [1.29, 1.82) is 0 Å². The molecule has 0 bridgehead atoms. The van der Waals surface area contributed by atoms with Crippen LogP contribution in [0.1, 0.15) is 37.6 Å². The third-order valence-corrected chi connectivity index (χ3v) is 5.41. The standard InChI is InChI=1S/C25H28F3N5O4.ClH/c1-5-37-20-8-16(11-30-22(20)35)19-12-29-21(14(2)31-19)33-23(36)32-17-7-6-15(10-24(3,4)13-34)18(9-17)25(26,27)28;/h6-9,11-12,34H,5,10,13H2,1-4H3,(H,30,35)(H2,29,32,33,36);1H. The van der Waals surface area contributed by atoms with Crippen LogP contribution in [0.2, 0.25) is 0 Å². The van der Waals surface area contributed by atoms with Crippen LogP contribution in [0.4, 0.5) is 29.5 Å². The third-order valence-electron chi connectivity index (χ3n) is 5.41. The molecule has 3 rings (SSSR count). The molecule has 1 aromatic carbocycles. The molecule has 0 spiro atoms. The van der Waals surface area contributed by atoms with E-state index < -0.39 is 23.2 Å². The Labute approximate surface area is 223 Å². The summed E-state index contributed by atoms with van der Waals surface area (Å²) in [6.45, 7) is 6.70. The summed E-state index contributed by atoms with van der Waals surface area (Å²) in [6.07, 6.45) is -1.80. The van der Waals surface area contributed by atoms with Gasteiger partial charge < -0.3 is 20.1 Å². The van der Waals surface area contributed by atoms with Gasteiger partial charge in [-0.3, -0.25) is 10.1 Å². The smallest absolute Gasteiger partial charge is 0.416 e. The Bertz CT molecular complexity index is 1350. The van der Waals surface area contributed by atoms with E-state index in [9.17, 15) is 27.9 Å². The van der Waals surface area contributed by atoms with Crippen LogP contribution in [0.5, 0.6) is 5.75 Å². The highest BCUT2D eigenvalue weighted by atomic mass is 35.5. The number of aliphatic hydroxyl groups is 1. The topological polar surface area (TPSA) is 129 Å². The number of aromatic nitrogens is 3. The molecule has 4 N–H and O–H groups in total. The highest BCUT2D eigenvalue weighted by Crippen LogP contribution is 2.36. The molecular formula is C25H29ClF3N5O4. The summed E-state index contributed by atoms with van der Waals surface area (Å²) in [5, 5.41) is 14.3. The lowest BCUT2D eigenvalue weighted by molar-refractivity contribution is -0.138. The maximum atomic E-state index is 13.7. The number of alkyl halides is 3. The number of hydrogen-bond donors (Lipinski definition) is 4. The SMILES string of the molecule is CCOc1cc(-c2cnc(NC(=O)Nc3ccc(CC(C)(C)CO)c(C(F)(F)F)c3)c(C)n2)c[nH]c1=O.Cl. The maximum absolute atomic E-state index is 13.7. The van der Waals surface area contributed by atoms with E-state index >= 15 is 0 Å². The van der Waals surface area contributed by atoms with E-state index in [0.29, 0.717) is 23.6 Å². The fourth-order valence-corrected chi connectivity index (χ4v) is 3.53. The van der Waals surface area contributed by atoms with E-state index in [1.165, 1.54) is 30.6 Å². The van der Waals surface area contributed by atoms with Crippen molar-refractivity contribution in [2.45, 2.75) is 40.3 Å². The molecule has 0 aliphatic carbocycles. The Hall–Kier alpha value is -3.64. The number of aliphatic hydroxyl groups excluding tert-OH is 1. The molecule has 38 heavy (non-hydrogen) atoms. The number of rotatable bonds is 8. The number of pyridine rings is 1. The molecule has 206 valence electrons. The second-order valence-corrected chi connectivity index (χ2v) is 9.15. The summed E-state index contributed by atoms with van der Waals surface area (Å²) in [6, 6.07) is 4.23. The van der Waals surface area contributed by atoms with Crippen molar-refractivity contribution in [2.24, 2.45) is 5.41 Å². The second kappa shape index (κ2) is 12.3. The van der Waals surface area contributed by atoms with Gasteiger partial charge in [0.2, 0.25) is 0 Å². The van der Waals surface area contributed by atoms with Crippen molar-refractivity contribution in [3.63, 3.8) is 0 Å². The lowest BCUT2D eigenvalue weighted by Gasteiger charge is -2.24. The number of benzene rings is 1. The highest BCUT2D eigenvalue weighted by molar-refractivity contribution is 5.99. The zero-order valence-electron chi connectivity index (χ0n) is 21.2. The number of nitrogens with one attached hydrogen (secondary N) is 3. The number of halogens is 4. The second-order valence-electron chi connectivity index (χ2n) is 9.15. The zero-order valence-corrected chi connectivity index (χ0v) is 22.0. The van der Waals surface area contributed by atoms with Gasteiger partial charge in [0.15, 0.2) is 11.6 Å². The molecule has 0 aliphatic rings. The fourth-order valence-electron chi connectivity index (χ4n) is 3.53. The van der Waals surface area contributed by atoms with Gasteiger partial charge in [-0.25, -0.2) is 14.8 Å². The van der Waals surface area contributed by atoms with E-state index in [4.69, 9.17) is 4.74 Å². The number of aryl methyl sites for hydroxylation is 1. The van der Waals surface area contributed by atoms with Gasteiger partial charge in [0.05, 0.1) is 29.8 Å². The van der Waals surface area contributed by atoms with Crippen LogP contribution in [-0.4, -0.2) is 39.3 Å². The average molecular weight is 556 g/mol. The Morgan fingerprint density at radius 1 is 1.18 bits per heavy atom. The Morgan fingerprint density at radius 2 is 1.89 bits per heavy atom. The van der Waals surface area contributed by atoms with E-state index in [-0.39, 0.29) is 53.8 Å². The number of aromatic amines is 1. The number of nitrogens with zero attached hydrogens (tertiary/aromatic N) is 2. The monoisotopic (exact) mass is 555 g/mol. The number of carbonyl (C=O) groups excluding carboxylic acids is 1. The van der Waals surface area contributed by atoms with Gasteiger partial charge >= 0.3 is 12.2 Å². The minimum Gasteiger partial charge on any atom is -0.488 e. The number of anilines is 2. The number of amides is 2. The molecule has 2 aromatic heterocycles. The summed E-state index contributed by atoms with van der Waals surface area (Å²) >= 11 is 0. The van der Waals surface area contributed by atoms with Crippen LogP contribution in [0.15, 0.2) is 41.5 Å². The normalized spacial score (nSPS) is 11.5. The summed E-state index contributed by atoms with van der Waals surface area (Å²) < 4.78 is 46.3. The van der Waals surface area contributed by atoms with Crippen LogP contribution in [0, 0.1) is 12.3 Å². The number of carbonyl (C=O) groups is 1. The van der Waals surface area contributed by atoms with Crippen molar-refractivity contribution < 1.29 is 27.8 Å². The van der Waals surface area contributed by atoms with E-state index in [2.05, 4.69) is 25.6 Å². The molecule has 0 fully saturated rings. The zero-order chi connectivity index (χ0) is 27.4. The molecule has 2 amide bonds. The number of ether oxygens (including phenoxy) is 1. The van der Waals surface area contributed by atoms with Gasteiger partial charge in [-0.05, 0) is 49.4 Å². The average Bonchev–Trinajstić information content (AvgIpc) is 2.82. The minimum absolute atomic E-state index is 0. The Morgan fingerprint density at radius 3 is 2.50 bits per heavy atom. The summed E-state index contributed by atoms with van der Waals surface area (Å²) in [5.74, 6) is 0.235. The first-order valence-corrected chi connectivity index (χ1v) is 11.4. The fraction of sp³-hybridized carbons (Fsp3) is 0.360. The molecule has 0 atom stereocenters. The third kappa shape index (κ3) is 7.68. The Balaban J connectivity index is 0.00000507. The van der Waals surface area contributed by atoms with Gasteiger partial charge in [0.25, 0.3) is 5.56 Å². The molecule has 3 aromatic rings. The molecule has 13 heteroatoms. The van der Waals surface area contributed by atoms with Gasteiger partial charge in [-0.15, -0.1) is 12.4 Å². The largest absolute Gasteiger partial charge is 0.488 e. The number of urea groups is 1. The van der Waals surface area contributed by atoms with Crippen LogP contribution in [0.25, 0.3) is 11.3 Å².